The Kier molecular flexibility index (Phi) is 5.19. The summed E-state index contributed by atoms with van der Waals surface area (Å²) in [4.78, 5) is 16.6. The van der Waals surface area contributed by atoms with Crippen molar-refractivity contribution in [3.63, 3.8) is 0 Å². The fraction of sp³-hybridized carbons (Fsp3) is 0.500. The van der Waals surface area contributed by atoms with E-state index >= 15 is 0 Å². The summed E-state index contributed by atoms with van der Waals surface area (Å²) in [6, 6.07) is 2.29. The number of pyridine rings is 1. The van der Waals surface area contributed by atoms with E-state index in [0.29, 0.717) is 35.2 Å². The molecule has 0 aliphatic heterocycles. The summed E-state index contributed by atoms with van der Waals surface area (Å²) < 4.78 is 38.3. The first-order chi connectivity index (χ1) is 11.1. The zero-order chi connectivity index (χ0) is 18.1. The van der Waals surface area contributed by atoms with Crippen molar-refractivity contribution < 1.29 is 18.0 Å². The molecule has 0 atom stereocenters. The second-order valence-corrected chi connectivity index (χ2v) is 6.85. The maximum Gasteiger partial charge on any atom is 0.433 e. The van der Waals surface area contributed by atoms with Crippen molar-refractivity contribution in [3.8, 4) is 0 Å². The fourth-order valence-electron chi connectivity index (χ4n) is 2.31. The zero-order valence-corrected chi connectivity index (χ0v) is 14.6. The maximum atomic E-state index is 12.8. The third-order valence-electron chi connectivity index (χ3n) is 4.31. The first-order valence-electron chi connectivity index (χ1n) is 7.65. The average molecular weight is 359 g/mol. The predicted molar refractivity (Wildman–Crippen MR) is 89.2 cm³/mol. The van der Waals surface area contributed by atoms with Crippen LogP contribution in [0.1, 0.15) is 47.6 Å². The average Bonchev–Trinajstić information content (AvgIpc) is 2.88. The van der Waals surface area contributed by atoms with Crippen LogP contribution in [-0.2, 0) is 6.18 Å². The van der Waals surface area contributed by atoms with Gasteiger partial charge in [0.25, 0.3) is 5.91 Å². The molecule has 0 aliphatic carbocycles. The topological polar surface area (TPSA) is 68.0 Å². The van der Waals surface area contributed by atoms with Crippen molar-refractivity contribution in [2.75, 3.05) is 6.54 Å². The molecule has 8 heteroatoms. The zero-order valence-electron chi connectivity index (χ0n) is 13.8. The van der Waals surface area contributed by atoms with Crippen molar-refractivity contribution in [2.45, 2.75) is 45.3 Å². The summed E-state index contributed by atoms with van der Waals surface area (Å²) in [5.41, 5.74) is 5.34. The van der Waals surface area contributed by atoms with Crippen LogP contribution < -0.4 is 11.1 Å². The van der Waals surface area contributed by atoms with Crippen LogP contribution in [0.5, 0.6) is 0 Å². The molecule has 4 nitrogen and oxygen atoms in total. The Morgan fingerprint density at radius 2 is 1.92 bits per heavy atom. The number of aryl methyl sites for hydroxylation is 1. The highest BCUT2D eigenvalue weighted by Crippen LogP contribution is 2.34. The van der Waals surface area contributed by atoms with Gasteiger partial charge in [-0.1, -0.05) is 13.8 Å². The van der Waals surface area contributed by atoms with Gasteiger partial charge >= 0.3 is 6.18 Å². The number of halogens is 3. The van der Waals surface area contributed by atoms with Crippen LogP contribution in [0.15, 0.2) is 12.1 Å². The van der Waals surface area contributed by atoms with E-state index in [-0.39, 0.29) is 10.7 Å². The van der Waals surface area contributed by atoms with Crippen molar-refractivity contribution in [1.29, 1.82) is 0 Å². The Balaban J connectivity index is 2.29. The van der Waals surface area contributed by atoms with Crippen LogP contribution in [0.3, 0.4) is 0 Å². The summed E-state index contributed by atoms with van der Waals surface area (Å²) in [5, 5.41) is 3.34. The van der Waals surface area contributed by atoms with Crippen molar-refractivity contribution in [2.24, 2.45) is 5.73 Å². The summed E-state index contributed by atoms with van der Waals surface area (Å²) in [5.74, 6) is -0.333. The number of alkyl halides is 3. The van der Waals surface area contributed by atoms with E-state index in [1.165, 1.54) is 6.07 Å². The lowest BCUT2D eigenvalue weighted by molar-refractivity contribution is -0.140. The monoisotopic (exact) mass is 359 g/mol. The molecule has 0 aliphatic rings. The maximum absolute atomic E-state index is 12.8. The van der Waals surface area contributed by atoms with Crippen LogP contribution in [0, 0.1) is 6.92 Å². The molecular formula is C16H20F3N3OS. The number of carbonyl (C=O) groups excluding carboxylic acids is 1. The van der Waals surface area contributed by atoms with Gasteiger partial charge in [-0.05, 0) is 37.5 Å². The minimum Gasteiger partial charge on any atom is -0.349 e. The number of nitrogens with zero attached hydrogens (tertiary/aromatic N) is 1. The molecule has 0 saturated heterocycles. The second-order valence-electron chi connectivity index (χ2n) is 5.86. The Labute approximate surface area is 142 Å². The van der Waals surface area contributed by atoms with E-state index in [2.05, 4.69) is 10.3 Å². The minimum atomic E-state index is -4.50. The van der Waals surface area contributed by atoms with Crippen LogP contribution in [0.2, 0.25) is 0 Å². The number of nitrogens with one attached hydrogen (secondary N) is 1. The summed E-state index contributed by atoms with van der Waals surface area (Å²) in [7, 11) is 0. The van der Waals surface area contributed by atoms with E-state index in [4.69, 9.17) is 5.73 Å². The molecule has 0 saturated carbocycles. The van der Waals surface area contributed by atoms with E-state index in [1.54, 1.807) is 6.92 Å². The molecule has 2 aromatic rings. The third-order valence-corrected chi connectivity index (χ3v) is 5.51. The number of fused-ring (bicyclic) bond motifs is 1. The summed E-state index contributed by atoms with van der Waals surface area (Å²) in [6.07, 6.45) is -3.08. The van der Waals surface area contributed by atoms with Gasteiger partial charge in [-0.2, -0.15) is 13.2 Å². The molecule has 2 heterocycles. The molecule has 0 spiro atoms. The number of hydrogen-bond donors (Lipinski definition) is 2. The lowest BCUT2D eigenvalue weighted by atomic mass is 9.94. The molecular weight excluding hydrogens is 339 g/mol. The number of carbonyl (C=O) groups is 1. The van der Waals surface area contributed by atoms with Crippen molar-refractivity contribution in [3.05, 3.63) is 28.3 Å². The number of amides is 1. The van der Waals surface area contributed by atoms with Crippen molar-refractivity contribution in [1.82, 2.24) is 10.3 Å². The molecule has 0 bridgehead atoms. The Hall–Kier alpha value is -1.67. The second kappa shape index (κ2) is 6.68. The molecule has 3 N–H and O–H groups in total. The minimum absolute atomic E-state index is 0.206. The summed E-state index contributed by atoms with van der Waals surface area (Å²) in [6.45, 7) is 5.91. The predicted octanol–water partition coefficient (Wildman–Crippen LogP) is 3.87. The van der Waals surface area contributed by atoms with Gasteiger partial charge in [0.2, 0.25) is 0 Å². The molecule has 132 valence electrons. The molecule has 1 amide bonds. The standard InChI is InChI=1S/C16H20F3N3OS/c1-4-15(20,5-2)8-21-13(23)12-9(3)10-6-7-11(16(17,18)19)22-14(10)24-12/h6-7H,4-5,8,20H2,1-3H3,(H,21,23). The van der Waals surface area contributed by atoms with Gasteiger partial charge in [0.05, 0.1) is 4.88 Å². The fourth-order valence-corrected chi connectivity index (χ4v) is 3.41. The summed E-state index contributed by atoms with van der Waals surface area (Å²) >= 11 is 0.964. The van der Waals surface area contributed by atoms with Crippen LogP contribution in [-0.4, -0.2) is 23.0 Å². The first-order valence-corrected chi connectivity index (χ1v) is 8.47. The van der Waals surface area contributed by atoms with E-state index < -0.39 is 17.4 Å². The third kappa shape index (κ3) is 3.70. The van der Waals surface area contributed by atoms with Gasteiger partial charge < -0.3 is 11.1 Å². The van der Waals surface area contributed by atoms with Gasteiger partial charge in [-0.15, -0.1) is 11.3 Å². The highest BCUT2D eigenvalue weighted by atomic mass is 32.1. The van der Waals surface area contributed by atoms with Gasteiger partial charge in [-0.3, -0.25) is 4.79 Å². The lowest BCUT2D eigenvalue weighted by Gasteiger charge is -2.26. The van der Waals surface area contributed by atoms with Crippen LogP contribution in [0.4, 0.5) is 13.2 Å². The quantitative estimate of drug-likeness (QED) is 0.851. The number of thiophene rings is 1. The molecule has 2 aromatic heterocycles. The molecule has 0 radical (unpaired) electrons. The van der Waals surface area contributed by atoms with Crippen LogP contribution >= 0.6 is 11.3 Å². The van der Waals surface area contributed by atoms with E-state index in [1.807, 2.05) is 13.8 Å². The Bertz CT molecular complexity index is 751. The SMILES string of the molecule is CCC(N)(CC)CNC(=O)c1sc2nc(C(F)(F)F)ccc2c1C. The number of rotatable bonds is 5. The molecule has 0 fully saturated rings. The van der Waals surface area contributed by atoms with Gasteiger partial charge in [0, 0.05) is 17.5 Å². The normalized spacial score (nSPS) is 12.6. The smallest absolute Gasteiger partial charge is 0.349 e. The van der Waals surface area contributed by atoms with Crippen LogP contribution in [0.25, 0.3) is 10.2 Å². The Morgan fingerprint density at radius 1 is 1.29 bits per heavy atom. The van der Waals surface area contributed by atoms with Gasteiger partial charge in [0.1, 0.15) is 10.5 Å². The number of hydrogen-bond acceptors (Lipinski definition) is 4. The molecule has 24 heavy (non-hydrogen) atoms. The molecule has 0 aromatic carbocycles. The number of nitrogens with two attached hydrogens (primary N) is 1. The van der Waals surface area contributed by atoms with Crippen molar-refractivity contribution >= 4 is 27.5 Å². The van der Waals surface area contributed by atoms with Gasteiger partial charge in [-0.25, -0.2) is 4.98 Å². The Morgan fingerprint density at radius 3 is 2.46 bits per heavy atom. The van der Waals surface area contributed by atoms with E-state index in [0.717, 1.165) is 17.4 Å². The highest BCUT2D eigenvalue weighted by molar-refractivity contribution is 7.20. The highest BCUT2D eigenvalue weighted by Gasteiger charge is 2.33. The molecule has 0 unspecified atom stereocenters. The first kappa shape index (κ1) is 18.7. The molecule has 2 rings (SSSR count). The lowest BCUT2D eigenvalue weighted by Crippen LogP contribution is -2.49. The number of aromatic nitrogens is 1. The van der Waals surface area contributed by atoms with Gasteiger partial charge in [0.15, 0.2) is 0 Å². The largest absolute Gasteiger partial charge is 0.433 e. The van der Waals surface area contributed by atoms with E-state index in [9.17, 15) is 18.0 Å².